The molecule has 0 amide bonds. The van der Waals surface area contributed by atoms with E-state index < -0.39 is 0 Å². The molecular weight excluding hydrogens is 400 g/mol. The number of rotatable bonds is 8. The lowest BCUT2D eigenvalue weighted by Gasteiger charge is -2.43. The molecule has 1 aliphatic rings. The number of aromatic nitrogens is 2. The Kier molecular flexibility index (Phi) is 8.05. The van der Waals surface area contributed by atoms with Crippen molar-refractivity contribution in [2.45, 2.75) is 92.6 Å². The molecule has 5 atom stereocenters. The van der Waals surface area contributed by atoms with Gasteiger partial charge in [-0.15, -0.1) is 0 Å². The first kappa shape index (κ1) is 24.8. The Bertz CT molecular complexity index is 870. The average Bonchev–Trinajstić information content (AvgIpc) is 3.05. The predicted octanol–water partition coefficient (Wildman–Crippen LogP) is 5.36. The van der Waals surface area contributed by atoms with Crippen LogP contribution in [0.2, 0.25) is 0 Å². The van der Waals surface area contributed by atoms with Crippen molar-refractivity contribution < 1.29 is 14.6 Å². The summed E-state index contributed by atoms with van der Waals surface area (Å²) in [6.07, 6.45) is 1.75. The van der Waals surface area contributed by atoms with Crippen molar-refractivity contribution in [1.82, 2.24) is 9.78 Å². The quantitative estimate of drug-likeness (QED) is 0.598. The van der Waals surface area contributed by atoms with Gasteiger partial charge in [-0.2, -0.15) is 5.10 Å². The minimum Gasteiger partial charge on any atom is -0.491 e. The van der Waals surface area contributed by atoms with Gasteiger partial charge in [0.2, 0.25) is 0 Å². The van der Waals surface area contributed by atoms with Crippen molar-refractivity contribution in [3.63, 3.8) is 0 Å². The van der Waals surface area contributed by atoms with Crippen LogP contribution >= 0.6 is 0 Å². The van der Waals surface area contributed by atoms with Crippen LogP contribution in [0.1, 0.15) is 77.0 Å². The standard InChI is InChI=1S/C27H42N2O3/c1-16(2)29-21(8)24(13-22-9-11-23(12-10-22)31-17(3)4)25(28-29)14-26-19(6)18(5)20(7)27(15-30)32-26/h9-12,16-20,26-27,30H,13-15H2,1-8H3/t18-,19-,20+,26+,27-/m1/s1. The van der Waals surface area contributed by atoms with E-state index in [1.54, 1.807) is 0 Å². The maximum absolute atomic E-state index is 9.84. The number of hydrogen-bond acceptors (Lipinski definition) is 4. The second-order valence-electron chi connectivity index (χ2n) is 10.2. The van der Waals surface area contributed by atoms with Crippen LogP contribution in [0.15, 0.2) is 24.3 Å². The Morgan fingerprint density at radius 1 is 1.00 bits per heavy atom. The average molecular weight is 443 g/mol. The van der Waals surface area contributed by atoms with Gasteiger partial charge in [-0.1, -0.05) is 32.9 Å². The summed E-state index contributed by atoms with van der Waals surface area (Å²) in [4.78, 5) is 0. The highest BCUT2D eigenvalue weighted by Gasteiger charge is 2.39. The summed E-state index contributed by atoms with van der Waals surface area (Å²) in [5.74, 6) is 2.17. The van der Waals surface area contributed by atoms with Gasteiger partial charge in [0, 0.05) is 30.1 Å². The molecule has 0 spiro atoms. The molecule has 2 heterocycles. The molecule has 0 radical (unpaired) electrons. The summed E-state index contributed by atoms with van der Waals surface area (Å²) in [6.45, 7) is 17.4. The summed E-state index contributed by atoms with van der Waals surface area (Å²) < 4.78 is 14.3. The maximum Gasteiger partial charge on any atom is 0.119 e. The molecule has 32 heavy (non-hydrogen) atoms. The molecular formula is C27H42N2O3. The summed E-state index contributed by atoms with van der Waals surface area (Å²) >= 11 is 0. The van der Waals surface area contributed by atoms with E-state index in [-0.39, 0.29) is 24.9 Å². The van der Waals surface area contributed by atoms with Crippen molar-refractivity contribution in [3.05, 3.63) is 46.8 Å². The van der Waals surface area contributed by atoms with Crippen LogP contribution in [-0.2, 0) is 17.6 Å². The molecule has 0 saturated carbocycles. The van der Waals surface area contributed by atoms with E-state index in [1.807, 2.05) is 13.8 Å². The monoisotopic (exact) mass is 442 g/mol. The van der Waals surface area contributed by atoms with Crippen LogP contribution in [0.25, 0.3) is 0 Å². The van der Waals surface area contributed by atoms with Crippen molar-refractivity contribution in [1.29, 1.82) is 0 Å². The fourth-order valence-electron chi connectivity index (χ4n) is 4.93. The van der Waals surface area contributed by atoms with E-state index in [2.05, 4.69) is 70.5 Å². The highest BCUT2D eigenvalue weighted by Crippen LogP contribution is 2.37. The Morgan fingerprint density at radius 3 is 2.19 bits per heavy atom. The van der Waals surface area contributed by atoms with Gasteiger partial charge in [0.15, 0.2) is 0 Å². The van der Waals surface area contributed by atoms with Gasteiger partial charge in [-0.25, -0.2) is 0 Å². The van der Waals surface area contributed by atoms with Gasteiger partial charge in [-0.3, -0.25) is 4.68 Å². The number of ether oxygens (including phenoxy) is 2. The fourth-order valence-corrected chi connectivity index (χ4v) is 4.93. The normalized spacial score (nSPS) is 26.2. The second kappa shape index (κ2) is 10.4. The van der Waals surface area contributed by atoms with Crippen molar-refractivity contribution >= 4 is 0 Å². The smallest absolute Gasteiger partial charge is 0.119 e. The lowest BCUT2D eigenvalue weighted by molar-refractivity contribution is -0.147. The first-order chi connectivity index (χ1) is 15.1. The molecule has 1 N–H and O–H groups in total. The van der Waals surface area contributed by atoms with E-state index in [4.69, 9.17) is 14.6 Å². The molecule has 0 unspecified atom stereocenters. The Balaban J connectivity index is 1.87. The molecule has 3 rings (SSSR count). The molecule has 1 fully saturated rings. The van der Waals surface area contributed by atoms with E-state index >= 15 is 0 Å². The molecule has 1 saturated heterocycles. The Hall–Kier alpha value is -1.85. The zero-order chi connectivity index (χ0) is 23.6. The van der Waals surface area contributed by atoms with Gasteiger partial charge in [-0.05, 0) is 70.1 Å². The lowest BCUT2D eigenvalue weighted by atomic mass is 9.75. The van der Waals surface area contributed by atoms with Gasteiger partial charge in [0.05, 0.1) is 30.6 Å². The number of hydrogen-bond donors (Lipinski definition) is 1. The van der Waals surface area contributed by atoms with E-state index in [1.165, 1.54) is 16.8 Å². The molecule has 5 nitrogen and oxygen atoms in total. The van der Waals surface area contributed by atoms with Crippen LogP contribution in [0.4, 0.5) is 0 Å². The van der Waals surface area contributed by atoms with Gasteiger partial charge >= 0.3 is 0 Å². The molecule has 1 aromatic carbocycles. The first-order valence-electron chi connectivity index (χ1n) is 12.2. The summed E-state index contributed by atoms with van der Waals surface area (Å²) in [5.41, 5.74) is 4.88. The fraction of sp³-hybridized carbons (Fsp3) is 0.667. The zero-order valence-corrected chi connectivity index (χ0v) is 21.1. The largest absolute Gasteiger partial charge is 0.491 e. The topological polar surface area (TPSA) is 56.5 Å². The summed E-state index contributed by atoms with van der Waals surface area (Å²) in [7, 11) is 0. The molecule has 1 aliphatic heterocycles. The minimum absolute atomic E-state index is 0.0637. The van der Waals surface area contributed by atoms with E-state index in [0.29, 0.717) is 23.8 Å². The lowest BCUT2D eigenvalue weighted by Crippen LogP contribution is -2.47. The number of benzene rings is 1. The van der Waals surface area contributed by atoms with Crippen LogP contribution in [0.5, 0.6) is 5.75 Å². The molecule has 0 aliphatic carbocycles. The van der Waals surface area contributed by atoms with Crippen molar-refractivity contribution in [3.8, 4) is 5.75 Å². The SMILES string of the molecule is Cc1c(Cc2ccc(OC(C)C)cc2)c(C[C@@H]2O[C@H](CO)[C@@H](C)[C@H](C)[C@H]2C)nn1C(C)C. The van der Waals surface area contributed by atoms with Crippen LogP contribution in [0.3, 0.4) is 0 Å². The molecule has 5 heteroatoms. The molecule has 1 aromatic heterocycles. The van der Waals surface area contributed by atoms with E-state index in [9.17, 15) is 5.11 Å². The number of nitrogens with zero attached hydrogens (tertiary/aromatic N) is 2. The minimum atomic E-state index is -0.101. The van der Waals surface area contributed by atoms with E-state index in [0.717, 1.165) is 24.3 Å². The molecule has 2 aromatic rings. The molecule has 0 bridgehead atoms. The maximum atomic E-state index is 9.84. The zero-order valence-electron chi connectivity index (χ0n) is 21.1. The van der Waals surface area contributed by atoms with Crippen LogP contribution < -0.4 is 4.74 Å². The van der Waals surface area contributed by atoms with Gasteiger partial charge in [0.1, 0.15) is 5.75 Å². The summed E-state index contributed by atoms with van der Waals surface area (Å²) in [5, 5.41) is 14.9. The first-order valence-corrected chi connectivity index (χ1v) is 12.2. The van der Waals surface area contributed by atoms with Crippen molar-refractivity contribution in [2.75, 3.05) is 6.61 Å². The molecule has 178 valence electrons. The van der Waals surface area contributed by atoms with Crippen LogP contribution in [0, 0.1) is 24.7 Å². The summed E-state index contributed by atoms with van der Waals surface area (Å²) in [6, 6.07) is 8.72. The number of aliphatic hydroxyl groups is 1. The van der Waals surface area contributed by atoms with Gasteiger partial charge in [0.25, 0.3) is 0 Å². The third-order valence-corrected chi connectivity index (χ3v) is 7.28. The van der Waals surface area contributed by atoms with Crippen LogP contribution in [-0.4, -0.2) is 39.8 Å². The van der Waals surface area contributed by atoms with Gasteiger partial charge < -0.3 is 14.6 Å². The Labute approximate surface area is 194 Å². The number of aliphatic hydroxyl groups excluding tert-OH is 1. The Morgan fingerprint density at radius 2 is 1.62 bits per heavy atom. The second-order valence-corrected chi connectivity index (χ2v) is 10.2. The highest BCUT2D eigenvalue weighted by molar-refractivity contribution is 5.36. The third kappa shape index (κ3) is 5.37. The predicted molar refractivity (Wildman–Crippen MR) is 129 cm³/mol. The van der Waals surface area contributed by atoms with Crippen molar-refractivity contribution in [2.24, 2.45) is 17.8 Å². The third-order valence-electron chi connectivity index (χ3n) is 7.28. The highest BCUT2D eigenvalue weighted by atomic mass is 16.5.